The van der Waals surface area contributed by atoms with Gasteiger partial charge in [0, 0.05) is 17.8 Å². The van der Waals surface area contributed by atoms with Crippen LogP contribution in [-0.4, -0.2) is 23.4 Å². The first-order chi connectivity index (χ1) is 12.8. The van der Waals surface area contributed by atoms with Crippen LogP contribution < -0.4 is 5.32 Å². The van der Waals surface area contributed by atoms with Gasteiger partial charge in [-0.05, 0) is 30.0 Å². The van der Waals surface area contributed by atoms with E-state index in [0.29, 0.717) is 5.69 Å². The number of halogens is 1. The number of nitrogens with one attached hydrogen (secondary N) is 1. The van der Waals surface area contributed by atoms with E-state index in [4.69, 9.17) is 16.3 Å². The minimum atomic E-state index is -0.908. The maximum Gasteiger partial charge on any atom is 0.340 e. The van der Waals surface area contributed by atoms with Gasteiger partial charge in [-0.25, -0.2) is 4.79 Å². The summed E-state index contributed by atoms with van der Waals surface area (Å²) in [4.78, 5) is 34.4. The zero-order valence-corrected chi connectivity index (χ0v) is 15.7. The minimum Gasteiger partial charge on any atom is -0.452 e. The van der Waals surface area contributed by atoms with Crippen LogP contribution in [0.4, 0.5) is 11.4 Å². The van der Waals surface area contributed by atoms with Gasteiger partial charge >= 0.3 is 5.97 Å². The van der Waals surface area contributed by atoms with Crippen molar-refractivity contribution in [3.8, 4) is 0 Å². The van der Waals surface area contributed by atoms with Crippen molar-refractivity contribution in [3.05, 3.63) is 68.7 Å². The number of para-hydroxylation sites is 1. The van der Waals surface area contributed by atoms with E-state index in [0.717, 1.165) is 18.1 Å². The highest BCUT2D eigenvalue weighted by molar-refractivity contribution is 6.33. The van der Waals surface area contributed by atoms with Crippen molar-refractivity contribution in [1.29, 1.82) is 0 Å². The molecule has 1 amide bonds. The number of esters is 1. The summed E-state index contributed by atoms with van der Waals surface area (Å²) >= 11 is 5.89. The molecule has 0 aliphatic heterocycles. The predicted octanol–water partition coefficient (Wildman–Crippen LogP) is 4.56. The number of carbonyl (C=O) groups is 2. The fourth-order valence-corrected chi connectivity index (χ4v) is 2.63. The standard InChI is InChI=1S/C19H19ClN2O5/c1-3-12(2)14-6-4-5-7-17(14)21-18(23)11-27-19(24)15-10-13(22(25)26)8-9-16(15)20/h4-10,12H,3,11H2,1-2H3,(H,21,23)/t12-/m1/s1. The molecular weight excluding hydrogens is 372 g/mol. The SMILES string of the molecule is CC[C@@H](C)c1ccccc1NC(=O)COC(=O)c1cc([N+](=O)[O-])ccc1Cl. The van der Waals surface area contributed by atoms with Crippen LogP contribution in [0.3, 0.4) is 0 Å². The molecule has 27 heavy (non-hydrogen) atoms. The van der Waals surface area contributed by atoms with E-state index in [2.05, 4.69) is 12.2 Å². The normalized spacial score (nSPS) is 11.5. The summed E-state index contributed by atoms with van der Waals surface area (Å²) in [6.45, 7) is 3.57. The molecule has 2 rings (SSSR count). The molecule has 1 N–H and O–H groups in total. The van der Waals surface area contributed by atoms with Crippen LogP contribution in [-0.2, 0) is 9.53 Å². The van der Waals surface area contributed by atoms with Crippen molar-refractivity contribution >= 4 is 34.9 Å². The first-order valence-electron chi connectivity index (χ1n) is 8.33. The maximum atomic E-state index is 12.1. The monoisotopic (exact) mass is 390 g/mol. The highest BCUT2D eigenvalue weighted by Crippen LogP contribution is 2.26. The molecule has 1 atom stereocenters. The highest BCUT2D eigenvalue weighted by atomic mass is 35.5. The Balaban J connectivity index is 2.03. The molecule has 0 spiro atoms. The number of rotatable bonds is 7. The first kappa shape index (κ1) is 20.4. The lowest BCUT2D eigenvalue weighted by molar-refractivity contribution is -0.384. The summed E-state index contributed by atoms with van der Waals surface area (Å²) < 4.78 is 4.95. The number of ether oxygens (including phenoxy) is 1. The topological polar surface area (TPSA) is 98.5 Å². The van der Waals surface area contributed by atoms with E-state index in [-0.39, 0.29) is 22.2 Å². The molecule has 2 aromatic carbocycles. The molecule has 7 nitrogen and oxygen atoms in total. The minimum absolute atomic E-state index is 0.00752. The van der Waals surface area contributed by atoms with Crippen LogP contribution in [0.15, 0.2) is 42.5 Å². The Kier molecular flexibility index (Phi) is 6.90. The third-order valence-electron chi connectivity index (χ3n) is 4.09. The molecule has 8 heteroatoms. The van der Waals surface area contributed by atoms with Crippen LogP contribution in [0.25, 0.3) is 0 Å². The van der Waals surface area contributed by atoms with Crippen molar-refractivity contribution in [2.45, 2.75) is 26.2 Å². The fraction of sp³-hybridized carbons (Fsp3) is 0.263. The summed E-state index contributed by atoms with van der Waals surface area (Å²) in [5.74, 6) is -1.16. The second kappa shape index (κ2) is 9.14. The maximum absolute atomic E-state index is 12.1. The van der Waals surface area contributed by atoms with Crippen molar-refractivity contribution < 1.29 is 19.2 Å². The second-order valence-corrected chi connectivity index (χ2v) is 6.35. The van der Waals surface area contributed by atoms with Gasteiger partial charge in [-0.2, -0.15) is 0 Å². The Labute approximate surface area is 161 Å². The molecule has 0 heterocycles. The number of nitro groups is 1. The van der Waals surface area contributed by atoms with E-state index < -0.39 is 23.4 Å². The third kappa shape index (κ3) is 5.27. The Hall–Kier alpha value is -2.93. The van der Waals surface area contributed by atoms with Gasteiger partial charge in [0.1, 0.15) is 0 Å². The Morgan fingerprint density at radius 1 is 1.26 bits per heavy atom. The van der Waals surface area contributed by atoms with Crippen LogP contribution in [0.1, 0.15) is 42.1 Å². The number of amides is 1. The van der Waals surface area contributed by atoms with Crippen LogP contribution >= 0.6 is 11.6 Å². The predicted molar refractivity (Wildman–Crippen MR) is 102 cm³/mol. The Morgan fingerprint density at radius 3 is 2.63 bits per heavy atom. The number of non-ortho nitro benzene ring substituents is 1. The molecule has 0 radical (unpaired) electrons. The number of carbonyl (C=O) groups excluding carboxylic acids is 2. The lowest BCUT2D eigenvalue weighted by atomic mass is 9.97. The second-order valence-electron chi connectivity index (χ2n) is 5.94. The molecular formula is C19H19ClN2O5. The molecule has 2 aromatic rings. The van der Waals surface area contributed by atoms with Crippen LogP contribution in [0.5, 0.6) is 0 Å². The number of benzene rings is 2. The molecule has 142 valence electrons. The summed E-state index contributed by atoms with van der Waals surface area (Å²) in [6, 6.07) is 10.8. The molecule has 0 bridgehead atoms. The average molecular weight is 391 g/mol. The van der Waals surface area contributed by atoms with E-state index in [1.807, 2.05) is 19.1 Å². The van der Waals surface area contributed by atoms with Gasteiger partial charge in [0.05, 0.1) is 15.5 Å². The third-order valence-corrected chi connectivity index (χ3v) is 4.42. The van der Waals surface area contributed by atoms with E-state index in [9.17, 15) is 19.7 Å². The van der Waals surface area contributed by atoms with Crippen molar-refractivity contribution in [2.75, 3.05) is 11.9 Å². The zero-order chi connectivity index (χ0) is 20.0. The van der Waals surface area contributed by atoms with Crippen molar-refractivity contribution in [2.24, 2.45) is 0 Å². The van der Waals surface area contributed by atoms with Crippen LogP contribution in [0, 0.1) is 10.1 Å². The summed E-state index contributed by atoms with van der Waals surface area (Å²) in [5, 5.41) is 13.5. The lowest BCUT2D eigenvalue weighted by Gasteiger charge is -2.15. The van der Waals surface area contributed by atoms with Crippen molar-refractivity contribution in [3.63, 3.8) is 0 Å². The summed E-state index contributed by atoms with van der Waals surface area (Å²) in [7, 11) is 0. The van der Waals surface area contributed by atoms with Crippen LogP contribution in [0.2, 0.25) is 5.02 Å². The smallest absolute Gasteiger partial charge is 0.340 e. The Bertz CT molecular complexity index is 869. The lowest BCUT2D eigenvalue weighted by Crippen LogP contribution is -2.22. The zero-order valence-electron chi connectivity index (χ0n) is 14.9. The average Bonchev–Trinajstić information content (AvgIpc) is 2.66. The Morgan fingerprint density at radius 2 is 1.96 bits per heavy atom. The molecule has 0 fully saturated rings. The molecule has 0 unspecified atom stereocenters. The van der Waals surface area contributed by atoms with Gasteiger partial charge in [0.25, 0.3) is 11.6 Å². The van der Waals surface area contributed by atoms with E-state index >= 15 is 0 Å². The quantitative estimate of drug-likeness (QED) is 0.424. The molecule has 0 aliphatic carbocycles. The summed E-state index contributed by atoms with van der Waals surface area (Å²) in [5.41, 5.74) is 1.18. The van der Waals surface area contributed by atoms with Gasteiger partial charge in [-0.15, -0.1) is 0 Å². The highest BCUT2D eigenvalue weighted by Gasteiger charge is 2.18. The van der Waals surface area contributed by atoms with Gasteiger partial charge in [-0.3, -0.25) is 14.9 Å². The molecule has 0 saturated carbocycles. The van der Waals surface area contributed by atoms with Gasteiger partial charge in [-0.1, -0.05) is 43.6 Å². The number of nitro benzene ring substituents is 1. The first-order valence-corrected chi connectivity index (χ1v) is 8.71. The van der Waals surface area contributed by atoms with Gasteiger partial charge < -0.3 is 10.1 Å². The number of hydrogen-bond donors (Lipinski definition) is 1. The summed E-state index contributed by atoms with van der Waals surface area (Å²) in [6.07, 6.45) is 0.910. The molecule has 0 aliphatic rings. The number of nitrogens with zero attached hydrogens (tertiary/aromatic N) is 1. The molecule has 0 aromatic heterocycles. The molecule has 0 saturated heterocycles. The van der Waals surface area contributed by atoms with Gasteiger partial charge in [0.2, 0.25) is 0 Å². The van der Waals surface area contributed by atoms with E-state index in [1.54, 1.807) is 12.1 Å². The largest absolute Gasteiger partial charge is 0.452 e. The van der Waals surface area contributed by atoms with E-state index in [1.165, 1.54) is 12.1 Å². The number of anilines is 1. The van der Waals surface area contributed by atoms with Gasteiger partial charge in [0.15, 0.2) is 6.61 Å². The number of hydrogen-bond acceptors (Lipinski definition) is 5. The fourth-order valence-electron chi connectivity index (χ4n) is 2.44. The van der Waals surface area contributed by atoms with Crippen molar-refractivity contribution in [1.82, 2.24) is 0 Å².